The van der Waals surface area contributed by atoms with Crippen LogP contribution < -0.4 is 26.0 Å². The van der Waals surface area contributed by atoms with Crippen LogP contribution in [-0.4, -0.2) is 55.5 Å². The highest BCUT2D eigenvalue weighted by Gasteiger charge is 2.34. The zero-order valence-corrected chi connectivity index (χ0v) is 24.3. The van der Waals surface area contributed by atoms with E-state index in [-0.39, 0.29) is 41.8 Å². The molecule has 41 heavy (non-hydrogen) atoms. The van der Waals surface area contributed by atoms with Crippen LogP contribution in [0.15, 0.2) is 48.5 Å². The number of ether oxygens (including phenoxy) is 1. The summed E-state index contributed by atoms with van der Waals surface area (Å²) in [6.07, 6.45) is 3.61. The predicted octanol–water partition coefficient (Wildman–Crippen LogP) is 3.14. The van der Waals surface area contributed by atoms with Crippen molar-refractivity contribution in [1.82, 2.24) is 21.3 Å². The van der Waals surface area contributed by atoms with Crippen molar-refractivity contribution in [2.75, 3.05) is 19.7 Å². The lowest BCUT2D eigenvalue weighted by atomic mass is 9.99. The Hall–Kier alpha value is -3.46. The van der Waals surface area contributed by atoms with Crippen LogP contribution >= 0.6 is 0 Å². The summed E-state index contributed by atoms with van der Waals surface area (Å²) in [7, 11) is 0. The Bertz CT molecular complexity index is 1200. The van der Waals surface area contributed by atoms with Crippen LogP contribution in [0.1, 0.15) is 51.2 Å². The molecule has 4 rings (SSSR count). The molecule has 8 nitrogen and oxygen atoms in total. The molecule has 3 amide bonds. The molecule has 0 aromatic heterocycles. The van der Waals surface area contributed by atoms with Gasteiger partial charge in [-0.25, -0.2) is 4.39 Å². The molecule has 1 heterocycles. The van der Waals surface area contributed by atoms with Crippen LogP contribution in [0.3, 0.4) is 0 Å². The zero-order chi connectivity index (χ0) is 29.4. The summed E-state index contributed by atoms with van der Waals surface area (Å²) >= 11 is 0. The van der Waals surface area contributed by atoms with E-state index < -0.39 is 18.1 Å². The Balaban J connectivity index is 1.58. The van der Waals surface area contributed by atoms with Crippen LogP contribution in [0.4, 0.5) is 4.39 Å². The average Bonchev–Trinajstić information content (AvgIpc) is 3.76. The van der Waals surface area contributed by atoms with Crippen molar-refractivity contribution >= 4 is 17.7 Å². The molecule has 222 valence electrons. The van der Waals surface area contributed by atoms with Gasteiger partial charge in [0.2, 0.25) is 17.7 Å². The fourth-order valence-corrected chi connectivity index (χ4v) is 5.18. The smallest absolute Gasteiger partial charge is 0.243 e. The number of amides is 3. The fraction of sp³-hybridized carbons (Fsp3) is 0.531. The third-order valence-corrected chi connectivity index (χ3v) is 7.71. The van der Waals surface area contributed by atoms with E-state index in [4.69, 9.17) is 4.74 Å². The minimum atomic E-state index is -0.838. The summed E-state index contributed by atoms with van der Waals surface area (Å²) in [4.78, 5) is 40.3. The van der Waals surface area contributed by atoms with Crippen LogP contribution in [0.5, 0.6) is 5.75 Å². The quantitative estimate of drug-likeness (QED) is 0.445. The Morgan fingerprint density at radius 3 is 2.46 bits per heavy atom. The van der Waals surface area contributed by atoms with Gasteiger partial charge in [0.1, 0.15) is 30.3 Å². The second kappa shape index (κ2) is 14.4. The van der Waals surface area contributed by atoms with Gasteiger partial charge in [-0.1, -0.05) is 63.9 Å². The fourth-order valence-electron chi connectivity index (χ4n) is 5.18. The highest BCUT2D eigenvalue weighted by Crippen LogP contribution is 2.33. The molecule has 1 aliphatic carbocycles. The monoisotopic (exact) mass is 566 g/mol. The van der Waals surface area contributed by atoms with Gasteiger partial charge in [0.15, 0.2) is 0 Å². The number of benzene rings is 2. The number of rotatable bonds is 5. The molecule has 0 radical (unpaired) electrons. The van der Waals surface area contributed by atoms with Gasteiger partial charge >= 0.3 is 0 Å². The third kappa shape index (κ3) is 9.28. The van der Waals surface area contributed by atoms with E-state index >= 15 is 0 Å². The summed E-state index contributed by atoms with van der Waals surface area (Å²) < 4.78 is 20.0. The maximum atomic E-state index is 13.9. The van der Waals surface area contributed by atoms with Crippen molar-refractivity contribution in [3.63, 3.8) is 0 Å². The highest BCUT2D eigenvalue weighted by molar-refractivity contribution is 5.93. The number of carbonyl (C=O) groups excluding carboxylic acids is 3. The Morgan fingerprint density at radius 1 is 0.951 bits per heavy atom. The number of hydrogen-bond acceptors (Lipinski definition) is 5. The van der Waals surface area contributed by atoms with Gasteiger partial charge in [-0.05, 0) is 66.3 Å². The van der Waals surface area contributed by atoms with Crippen molar-refractivity contribution < 1.29 is 23.5 Å². The lowest BCUT2D eigenvalue weighted by Crippen LogP contribution is -2.58. The first-order valence-corrected chi connectivity index (χ1v) is 14.8. The maximum absolute atomic E-state index is 13.9. The number of nitrogens with one attached hydrogen (secondary N) is 4. The molecule has 4 N–H and O–H groups in total. The van der Waals surface area contributed by atoms with E-state index in [1.165, 1.54) is 12.1 Å². The molecule has 0 bridgehead atoms. The van der Waals surface area contributed by atoms with Crippen LogP contribution in [0, 0.1) is 23.6 Å². The summed E-state index contributed by atoms with van der Waals surface area (Å²) in [5.41, 5.74) is 1.69. The Labute approximate surface area is 242 Å². The molecule has 2 aromatic carbocycles. The largest absolute Gasteiger partial charge is 0.492 e. The van der Waals surface area contributed by atoms with E-state index in [2.05, 4.69) is 28.2 Å². The minimum Gasteiger partial charge on any atom is -0.492 e. The topological polar surface area (TPSA) is 109 Å². The average molecular weight is 567 g/mol. The lowest BCUT2D eigenvalue weighted by Gasteiger charge is -2.28. The summed E-state index contributed by atoms with van der Waals surface area (Å²) in [5.74, 6) is -0.235. The Kier molecular flexibility index (Phi) is 10.7. The van der Waals surface area contributed by atoms with Crippen molar-refractivity contribution in [3.8, 4) is 5.75 Å². The third-order valence-electron chi connectivity index (χ3n) is 7.71. The lowest BCUT2D eigenvalue weighted by molar-refractivity contribution is -0.133. The first kappa shape index (κ1) is 30.5. The van der Waals surface area contributed by atoms with E-state index in [1.807, 2.05) is 38.1 Å². The highest BCUT2D eigenvalue weighted by atomic mass is 19.1. The van der Waals surface area contributed by atoms with Gasteiger partial charge in [-0.3, -0.25) is 14.4 Å². The van der Waals surface area contributed by atoms with Gasteiger partial charge in [0.25, 0.3) is 0 Å². The molecule has 2 aromatic rings. The molecule has 1 saturated carbocycles. The molecule has 1 aliphatic heterocycles. The van der Waals surface area contributed by atoms with Crippen LogP contribution in [0.2, 0.25) is 0 Å². The van der Waals surface area contributed by atoms with Crippen LogP contribution in [0.25, 0.3) is 0 Å². The molecule has 0 saturated heterocycles. The van der Waals surface area contributed by atoms with Gasteiger partial charge in [0, 0.05) is 13.1 Å². The van der Waals surface area contributed by atoms with E-state index in [0.717, 1.165) is 24.2 Å². The zero-order valence-electron chi connectivity index (χ0n) is 24.3. The molecule has 1 fully saturated rings. The summed E-state index contributed by atoms with van der Waals surface area (Å²) in [6, 6.07) is 11.7. The predicted molar refractivity (Wildman–Crippen MR) is 156 cm³/mol. The van der Waals surface area contributed by atoms with Crippen molar-refractivity contribution in [3.05, 3.63) is 65.5 Å². The van der Waals surface area contributed by atoms with Crippen molar-refractivity contribution in [2.24, 2.45) is 17.8 Å². The van der Waals surface area contributed by atoms with Crippen LogP contribution in [-0.2, 0) is 27.2 Å². The maximum Gasteiger partial charge on any atom is 0.243 e. The number of para-hydroxylation sites is 1. The molecule has 0 unspecified atom stereocenters. The second-order valence-corrected chi connectivity index (χ2v) is 11.8. The number of halogens is 1. The Morgan fingerprint density at radius 2 is 1.73 bits per heavy atom. The molecule has 9 heteroatoms. The molecule has 2 aliphatic rings. The van der Waals surface area contributed by atoms with Gasteiger partial charge < -0.3 is 26.0 Å². The summed E-state index contributed by atoms with van der Waals surface area (Å²) in [6.45, 7) is 6.94. The van der Waals surface area contributed by atoms with Gasteiger partial charge in [-0.2, -0.15) is 0 Å². The molecule has 0 spiro atoms. The van der Waals surface area contributed by atoms with Gasteiger partial charge in [-0.15, -0.1) is 0 Å². The SMILES string of the molecule is CC(C)[C@H]1NC(=O)[C@@H](Cc2cccc(F)c2)NCCOc2ccccc2C[C@H](C)CNC(=O)[C@H](CC2CC2)NC1=O. The molecular weight excluding hydrogens is 523 g/mol. The van der Waals surface area contributed by atoms with Crippen molar-refractivity contribution in [1.29, 1.82) is 0 Å². The summed E-state index contributed by atoms with van der Waals surface area (Å²) in [5, 5.41) is 12.1. The van der Waals surface area contributed by atoms with E-state index in [1.54, 1.807) is 12.1 Å². The number of hydrogen-bond donors (Lipinski definition) is 4. The first-order chi connectivity index (χ1) is 19.7. The number of carbonyl (C=O) groups is 3. The standard InChI is InChI=1S/C32H43FN4O4/c1-20(2)29-32(40)36-27(17-22-11-12-22)30(38)35-19-21(3)15-24-8-4-5-10-28(24)41-14-13-34-26(31(39)37-29)18-23-7-6-9-25(33)16-23/h4-10,16,20-22,26-27,29,34H,11-15,17-19H2,1-3H3,(H,35,38)(H,36,40)(H,37,39)/t21-,26+,27-,29+/m0/s1. The first-order valence-electron chi connectivity index (χ1n) is 14.8. The van der Waals surface area contributed by atoms with Crippen molar-refractivity contribution in [2.45, 2.75) is 71.0 Å². The van der Waals surface area contributed by atoms with E-state index in [9.17, 15) is 18.8 Å². The molecule has 4 atom stereocenters. The second-order valence-electron chi connectivity index (χ2n) is 11.8. The van der Waals surface area contributed by atoms with E-state index in [0.29, 0.717) is 44.0 Å². The number of fused-ring (bicyclic) bond motifs is 1. The minimum absolute atomic E-state index is 0.149. The van der Waals surface area contributed by atoms with Gasteiger partial charge in [0.05, 0.1) is 6.04 Å². The molecular formula is C32H43FN4O4. The normalized spacial score (nSPS) is 25.1.